The highest BCUT2D eigenvalue weighted by molar-refractivity contribution is 5.96. The van der Waals surface area contributed by atoms with Gasteiger partial charge in [-0.3, -0.25) is 0 Å². The van der Waals surface area contributed by atoms with Gasteiger partial charge in [-0.05, 0) is 95.6 Å². The average molecular weight is 573 g/mol. The fourth-order valence-electron chi connectivity index (χ4n) is 5.91. The highest BCUT2D eigenvalue weighted by Gasteiger charge is 2.21. The highest BCUT2D eigenvalue weighted by atomic mass is 16.4. The van der Waals surface area contributed by atoms with Crippen LogP contribution in [-0.2, 0) is 11.2 Å². The van der Waals surface area contributed by atoms with Gasteiger partial charge in [-0.2, -0.15) is 5.26 Å². The third kappa shape index (κ3) is 6.09. The van der Waals surface area contributed by atoms with E-state index >= 15 is 0 Å². The molecule has 0 atom stereocenters. The van der Waals surface area contributed by atoms with Crippen LogP contribution in [0.3, 0.4) is 0 Å². The van der Waals surface area contributed by atoms with E-state index in [0.717, 1.165) is 29.9 Å². The normalized spacial score (nSPS) is 12.5. The lowest BCUT2D eigenvalue weighted by Crippen LogP contribution is -2.10. The number of aliphatic carboxylic acids is 1. The number of hydrogen-bond donors (Lipinski definition) is 1. The van der Waals surface area contributed by atoms with Gasteiger partial charge in [-0.25, -0.2) is 4.79 Å². The number of hydrogen-bond acceptors (Lipinski definition) is 3. The van der Waals surface area contributed by atoms with Crippen molar-refractivity contribution in [1.29, 1.82) is 5.26 Å². The molecule has 44 heavy (non-hydrogen) atoms. The van der Waals surface area contributed by atoms with Gasteiger partial charge in [0.25, 0.3) is 0 Å². The zero-order chi connectivity index (χ0) is 30.5. The van der Waals surface area contributed by atoms with Crippen molar-refractivity contribution in [2.45, 2.75) is 25.7 Å². The molecule has 5 aromatic rings. The Kier molecular flexibility index (Phi) is 8.21. The van der Waals surface area contributed by atoms with Crippen molar-refractivity contribution >= 4 is 41.3 Å². The topological polar surface area (TPSA) is 64.3 Å². The van der Waals surface area contributed by atoms with Gasteiger partial charge in [0.15, 0.2) is 0 Å². The van der Waals surface area contributed by atoms with E-state index in [2.05, 4.69) is 121 Å². The van der Waals surface area contributed by atoms with E-state index in [-0.39, 0.29) is 5.57 Å². The predicted molar refractivity (Wildman–Crippen MR) is 179 cm³/mol. The number of nitriles is 1. The van der Waals surface area contributed by atoms with Crippen molar-refractivity contribution < 1.29 is 9.90 Å². The molecule has 1 aliphatic carbocycles. The standard InChI is InChI=1S/C40H32N2O2/c1-28-10-19-34(20-11-28)42(36-23-14-30(15-24-36)26-33(27-41)40(43)44)35-21-12-29(13-22-35)16-25-39-37-8-4-2-6-31(37)17-18-32-7-3-5-9-38(32)39/h2-15,17-24,26,39H,16,25H2,1H3,(H,43,44)/b33-26-. The molecular formula is C40H32N2O2. The number of fused-ring (bicyclic) bond motifs is 2. The number of carboxylic acids is 1. The molecule has 5 aromatic carbocycles. The van der Waals surface area contributed by atoms with E-state index in [1.807, 2.05) is 24.3 Å². The van der Waals surface area contributed by atoms with Crippen LogP contribution in [0, 0.1) is 18.3 Å². The first-order valence-electron chi connectivity index (χ1n) is 14.8. The maximum atomic E-state index is 11.3. The number of anilines is 3. The first-order chi connectivity index (χ1) is 21.5. The van der Waals surface area contributed by atoms with Crippen LogP contribution in [0.1, 0.15) is 51.3 Å². The smallest absolute Gasteiger partial charge is 0.346 e. The van der Waals surface area contributed by atoms with Crippen molar-refractivity contribution in [3.8, 4) is 6.07 Å². The Bertz CT molecular complexity index is 1840. The number of rotatable bonds is 8. The van der Waals surface area contributed by atoms with Crippen LogP contribution in [0.4, 0.5) is 17.1 Å². The minimum atomic E-state index is -1.23. The molecular weight excluding hydrogens is 540 g/mol. The summed E-state index contributed by atoms with van der Waals surface area (Å²) in [7, 11) is 0. The van der Waals surface area contributed by atoms with E-state index in [9.17, 15) is 9.90 Å². The van der Waals surface area contributed by atoms with Crippen LogP contribution >= 0.6 is 0 Å². The maximum absolute atomic E-state index is 11.3. The van der Waals surface area contributed by atoms with Crippen molar-refractivity contribution in [1.82, 2.24) is 0 Å². The summed E-state index contributed by atoms with van der Waals surface area (Å²) < 4.78 is 0. The zero-order valence-corrected chi connectivity index (χ0v) is 24.5. The Balaban J connectivity index is 1.27. The second-order valence-electron chi connectivity index (χ2n) is 11.1. The Morgan fingerprint density at radius 1 is 0.750 bits per heavy atom. The molecule has 0 spiro atoms. The molecule has 4 heteroatoms. The molecule has 1 aliphatic rings. The number of carboxylic acid groups (broad SMARTS) is 1. The monoisotopic (exact) mass is 572 g/mol. The number of carbonyl (C=O) groups is 1. The van der Waals surface area contributed by atoms with Gasteiger partial charge in [-0.1, -0.05) is 103 Å². The minimum Gasteiger partial charge on any atom is -0.477 e. The molecule has 214 valence electrons. The molecule has 0 aromatic heterocycles. The third-order valence-corrected chi connectivity index (χ3v) is 8.21. The zero-order valence-electron chi connectivity index (χ0n) is 24.5. The molecule has 0 fully saturated rings. The maximum Gasteiger partial charge on any atom is 0.346 e. The summed E-state index contributed by atoms with van der Waals surface area (Å²) in [4.78, 5) is 13.5. The van der Waals surface area contributed by atoms with Gasteiger partial charge in [-0.15, -0.1) is 0 Å². The van der Waals surface area contributed by atoms with Gasteiger partial charge in [0.2, 0.25) is 0 Å². The Morgan fingerprint density at radius 2 is 1.25 bits per heavy atom. The first kappa shape index (κ1) is 28.5. The highest BCUT2D eigenvalue weighted by Crippen LogP contribution is 2.38. The van der Waals surface area contributed by atoms with Gasteiger partial charge < -0.3 is 10.0 Å². The van der Waals surface area contributed by atoms with Crippen LogP contribution < -0.4 is 4.90 Å². The minimum absolute atomic E-state index is 0.296. The van der Waals surface area contributed by atoms with Gasteiger partial charge >= 0.3 is 5.97 Å². The lowest BCUT2D eigenvalue weighted by molar-refractivity contribution is -0.132. The summed E-state index contributed by atoms with van der Waals surface area (Å²) in [6.07, 6.45) is 7.81. The molecule has 0 saturated heterocycles. The Hall–Kier alpha value is -5.66. The quantitative estimate of drug-likeness (QED) is 0.148. The van der Waals surface area contributed by atoms with E-state index in [1.54, 1.807) is 6.07 Å². The Labute approximate surface area is 258 Å². The number of aryl methyl sites for hydroxylation is 2. The van der Waals surface area contributed by atoms with Crippen molar-refractivity contribution in [2.75, 3.05) is 4.90 Å². The van der Waals surface area contributed by atoms with Gasteiger partial charge in [0.1, 0.15) is 11.6 Å². The van der Waals surface area contributed by atoms with Crippen LogP contribution in [0.2, 0.25) is 0 Å². The third-order valence-electron chi connectivity index (χ3n) is 8.21. The molecule has 4 nitrogen and oxygen atoms in total. The molecule has 6 rings (SSSR count). The first-order valence-corrected chi connectivity index (χ1v) is 14.8. The molecule has 0 unspecified atom stereocenters. The summed E-state index contributed by atoms with van der Waals surface area (Å²) in [5.74, 6) is -0.918. The second-order valence-corrected chi connectivity index (χ2v) is 11.1. The summed E-state index contributed by atoms with van der Waals surface area (Å²) in [6, 6.07) is 43.9. The van der Waals surface area contributed by atoms with Gasteiger partial charge in [0, 0.05) is 23.0 Å². The van der Waals surface area contributed by atoms with Crippen LogP contribution in [0.5, 0.6) is 0 Å². The lowest BCUT2D eigenvalue weighted by atomic mass is 9.83. The van der Waals surface area contributed by atoms with Crippen LogP contribution in [0.15, 0.2) is 127 Å². The molecule has 0 radical (unpaired) electrons. The molecule has 0 bridgehead atoms. The van der Waals surface area contributed by atoms with Crippen LogP contribution in [-0.4, -0.2) is 11.1 Å². The molecule has 0 saturated carbocycles. The lowest BCUT2D eigenvalue weighted by Gasteiger charge is -2.26. The summed E-state index contributed by atoms with van der Waals surface area (Å²) in [6.45, 7) is 2.07. The van der Waals surface area contributed by atoms with Crippen LogP contribution in [0.25, 0.3) is 18.2 Å². The molecule has 1 N–H and O–H groups in total. The summed E-state index contributed by atoms with van der Waals surface area (Å²) in [5.41, 5.74) is 11.1. The van der Waals surface area contributed by atoms with E-state index in [0.29, 0.717) is 11.5 Å². The van der Waals surface area contributed by atoms with E-state index in [4.69, 9.17) is 5.26 Å². The van der Waals surface area contributed by atoms with Crippen molar-refractivity contribution in [3.63, 3.8) is 0 Å². The fraction of sp³-hybridized carbons (Fsp3) is 0.100. The number of nitrogens with zero attached hydrogens (tertiary/aromatic N) is 2. The van der Waals surface area contributed by atoms with Gasteiger partial charge in [0.05, 0.1) is 0 Å². The van der Waals surface area contributed by atoms with E-state index in [1.165, 1.54) is 39.5 Å². The molecule has 0 heterocycles. The average Bonchev–Trinajstić information content (AvgIpc) is 3.21. The Morgan fingerprint density at radius 3 is 1.77 bits per heavy atom. The van der Waals surface area contributed by atoms with E-state index < -0.39 is 5.97 Å². The molecule has 0 aliphatic heterocycles. The second kappa shape index (κ2) is 12.7. The predicted octanol–water partition coefficient (Wildman–Crippen LogP) is 9.70. The number of benzene rings is 5. The van der Waals surface area contributed by atoms with Crippen molar-refractivity contribution in [2.24, 2.45) is 0 Å². The SMILES string of the molecule is Cc1ccc(N(c2ccc(/C=C(/C#N)C(=O)O)cc2)c2ccc(CCC3c4ccccc4C=Cc4ccccc43)cc2)cc1. The fourth-order valence-corrected chi connectivity index (χ4v) is 5.91. The summed E-state index contributed by atoms with van der Waals surface area (Å²) >= 11 is 0. The largest absolute Gasteiger partial charge is 0.477 e. The molecule has 0 amide bonds. The van der Waals surface area contributed by atoms with Crippen molar-refractivity contribution in [3.05, 3.63) is 166 Å². The summed E-state index contributed by atoms with van der Waals surface area (Å²) in [5, 5.41) is 18.4.